The van der Waals surface area contributed by atoms with E-state index in [1.807, 2.05) is 0 Å². The SMILES string of the molecule is C[C@@H](NC1CCOC(C)(C)C1)C1CCCC1. The van der Waals surface area contributed by atoms with E-state index in [0.717, 1.165) is 18.9 Å². The largest absolute Gasteiger partial charge is 0.375 e. The van der Waals surface area contributed by atoms with Crippen molar-refractivity contribution in [2.24, 2.45) is 5.92 Å². The second-order valence-corrected chi connectivity index (χ2v) is 6.30. The highest BCUT2D eigenvalue weighted by Gasteiger charge is 2.31. The Labute approximate surface area is 100 Å². The van der Waals surface area contributed by atoms with Gasteiger partial charge in [0.2, 0.25) is 0 Å². The van der Waals surface area contributed by atoms with Gasteiger partial charge in [0.15, 0.2) is 0 Å². The minimum atomic E-state index is 0.0747. The van der Waals surface area contributed by atoms with Crippen LogP contribution in [0.3, 0.4) is 0 Å². The topological polar surface area (TPSA) is 21.3 Å². The number of ether oxygens (including phenoxy) is 1. The van der Waals surface area contributed by atoms with E-state index in [9.17, 15) is 0 Å². The summed E-state index contributed by atoms with van der Waals surface area (Å²) in [6, 6.07) is 1.36. The van der Waals surface area contributed by atoms with Gasteiger partial charge in [-0.1, -0.05) is 12.8 Å². The molecule has 16 heavy (non-hydrogen) atoms. The predicted molar refractivity (Wildman–Crippen MR) is 67.6 cm³/mol. The van der Waals surface area contributed by atoms with Gasteiger partial charge in [-0.2, -0.15) is 0 Å². The lowest BCUT2D eigenvalue weighted by atomic mass is 9.91. The number of rotatable bonds is 3. The quantitative estimate of drug-likeness (QED) is 0.797. The average molecular weight is 225 g/mol. The summed E-state index contributed by atoms with van der Waals surface area (Å²) in [7, 11) is 0. The van der Waals surface area contributed by atoms with Gasteiger partial charge in [-0.3, -0.25) is 0 Å². The van der Waals surface area contributed by atoms with E-state index >= 15 is 0 Å². The van der Waals surface area contributed by atoms with Crippen LogP contribution in [0.5, 0.6) is 0 Å². The van der Waals surface area contributed by atoms with Crippen molar-refractivity contribution in [3.63, 3.8) is 0 Å². The van der Waals surface area contributed by atoms with Crippen molar-refractivity contribution in [3.8, 4) is 0 Å². The molecule has 0 aromatic rings. The Bertz CT molecular complexity index is 221. The summed E-state index contributed by atoms with van der Waals surface area (Å²) in [5.41, 5.74) is 0.0747. The first-order valence-electron chi connectivity index (χ1n) is 6.97. The van der Waals surface area contributed by atoms with Gasteiger partial charge in [-0.25, -0.2) is 0 Å². The Morgan fingerprint density at radius 2 is 1.88 bits per heavy atom. The van der Waals surface area contributed by atoms with Crippen LogP contribution in [0.2, 0.25) is 0 Å². The molecule has 0 amide bonds. The van der Waals surface area contributed by atoms with E-state index < -0.39 is 0 Å². The molecule has 1 saturated heterocycles. The molecule has 2 atom stereocenters. The molecule has 1 saturated carbocycles. The summed E-state index contributed by atoms with van der Waals surface area (Å²) in [5, 5.41) is 3.84. The molecule has 1 heterocycles. The van der Waals surface area contributed by atoms with Crippen LogP contribution >= 0.6 is 0 Å². The second-order valence-electron chi connectivity index (χ2n) is 6.30. The lowest BCUT2D eigenvalue weighted by molar-refractivity contribution is -0.0646. The molecule has 0 aromatic heterocycles. The fraction of sp³-hybridized carbons (Fsp3) is 1.00. The highest BCUT2D eigenvalue weighted by molar-refractivity contribution is 4.86. The molecule has 2 aliphatic rings. The van der Waals surface area contributed by atoms with Crippen LogP contribution in [0.4, 0.5) is 0 Å². The fourth-order valence-electron chi connectivity index (χ4n) is 3.34. The average Bonchev–Trinajstić information content (AvgIpc) is 2.68. The van der Waals surface area contributed by atoms with E-state index in [1.165, 1.54) is 32.1 Å². The summed E-state index contributed by atoms with van der Waals surface area (Å²) in [4.78, 5) is 0. The molecule has 2 nitrogen and oxygen atoms in total. The Balaban J connectivity index is 1.79. The first-order chi connectivity index (χ1) is 7.57. The highest BCUT2D eigenvalue weighted by Crippen LogP contribution is 2.29. The third kappa shape index (κ3) is 3.21. The smallest absolute Gasteiger partial charge is 0.0641 e. The second kappa shape index (κ2) is 5.05. The van der Waals surface area contributed by atoms with Gasteiger partial charge in [0.1, 0.15) is 0 Å². The highest BCUT2D eigenvalue weighted by atomic mass is 16.5. The number of hydrogen-bond donors (Lipinski definition) is 1. The number of hydrogen-bond acceptors (Lipinski definition) is 2. The Hall–Kier alpha value is -0.0800. The molecule has 1 aliphatic heterocycles. The zero-order valence-electron chi connectivity index (χ0n) is 11.1. The van der Waals surface area contributed by atoms with E-state index in [-0.39, 0.29) is 5.60 Å². The summed E-state index contributed by atoms with van der Waals surface area (Å²) in [6.45, 7) is 7.71. The lowest BCUT2D eigenvalue weighted by Crippen LogP contribution is -2.48. The van der Waals surface area contributed by atoms with Crippen molar-refractivity contribution < 1.29 is 4.74 Å². The maximum atomic E-state index is 5.76. The van der Waals surface area contributed by atoms with E-state index in [1.54, 1.807) is 0 Å². The molecule has 0 radical (unpaired) electrons. The van der Waals surface area contributed by atoms with Crippen LogP contribution in [-0.2, 0) is 4.74 Å². The van der Waals surface area contributed by atoms with Crippen molar-refractivity contribution >= 4 is 0 Å². The minimum absolute atomic E-state index is 0.0747. The van der Waals surface area contributed by atoms with Gasteiger partial charge in [0.25, 0.3) is 0 Å². The fourth-order valence-corrected chi connectivity index (χ4v) is 3.34. The van der Waals surface area contributed by atoms with Gasteiger partial charge in [0, 0.05) is 18.7 Å². The standard InChI is InChI=1S/C14H27NO/c1-11(12-6-4-5-7-12)15-13-8-9-16-14(2,3)10-13/h11-13,15H,4-10H2,1-3H3/t11-,13?/m1/s1. The molecule has 0 aromatic carbocycles. The Kier molecular flexibility index (Phi) is 3.91. The van der Waals surface area contributed by atoms with E-state index in [0.29, 0.717) is 12.1 Å². The van der Waals surface area contributed by atoms with E-state index in [4.69, 9.17) is 4.74 Å². The molecular weight excluding hydrogens is 198 g/mol. The third-order valence-corrected chi connectivity index (χ3v) is 4.30. The van der Waals surface area contributed by atoms with Crippen molar-refractivity contribution in [2.75, 3.05) is 6.61 Å². The molecule has 1 N–H and O–H groups in total. The predicted octanol–water partition coefficient (Wildman–Crippen LogP) is 3.11. The zero-order chi connectivity index (χ0) is 11.6. The van der Waals surface area contributed by atoms with Crippen LogP contribution < -0.4 is 5.32 Å². The summed E-state index contributed by atoms with van der Waals surface area (Å²) in [5.74, 6) is 0.922. The van der Waals surface area contributed by atoms with Gasteiger partial charge in [-0.15, -0.1) is 0 Å². The van der Waals surface area contributed by atoms with Crippen LogP contribution in [0.25, 0.3) is 0 Å². The Morgan fingerprint density at radius 1 is 1.19 bits per heavy atom. The van der Waals surface area contributed by atoms with Crippen molar-refractivity contribution in [1.29, 1.82) is 0 Å². The van der Waals surface area contributed by atoms with Crippen LogP contribution in [0, 0.1) is 5.92 Å². The molecule has 2 heteroatoms. The van der Waals surface area contributed by atoms with Crippen LogP contribution in [-0.4, -0.2) is 24.3 Å². The first-order valence-corrected chi connectivity index (χ1v) is 6.97. The molecule has 1 aliphatic carbocycles. The summed E-state index contributed by atoms with van der Waals surface area (Å²) < 4.78 is 5.76. The van der Waals surface area contributed by atoms with Gasteiger partial charge in [-0.05, 0) is 52.4 Å². The maximum absolute atomic E-state index is 5.76. The van der Waals surface area contributed by atoms with Crippen molar-refractivity contribution in [1.82, 2.24) is 5.32 Å². The molecular formula is C14H27NO. The molecule has 94 valence electrons. The molecule has 1 unspecified atom stereocenters. The lowest BCUT2D eigenvalue weighted by Gasteiger charge is -2.38. The van der Waals surface area contributed by atoms with Gasteiger partial charge >= 0.3 is 0 Å². The molecule has 2 fully saturated rings. The zero-order valence-corrected chi connectivity index (χ0v) is 11.1. The minimum Gasteiger partial charge on any atom is -0.375 e. The van der Waals surface area contributed by atoms with Gasteiger partial charge < -0.3 is 10.1 Å². The maximum Gasteiger partial charge on any atom is 0.0641 e. The molecule has 0 spiro atoms. The van der Waals surface area contributed by atoms with Crippen molar-refractivity contribution in [2.45, 2.75) is 77.0 Å². The Morgan fingerprint density at radius 3 is 2.50 bits per heavy atom. The van der Waals surface area contributed by atoms with Crippen molar-refractivity contribution in [3.05, 3.63) is 0 Å². The molecule has 2 rings (SSSR count). The first kappa shape index (κ1) is 12.4. The van der Waals surface area contributed by atoms with E-state index in [2.05, 4.69) is 26.1 Å². The van der Waals surface area contributed by atoms with Crippen LogP contribution in [0.15, 0.2) is 0 Å². The molecule has 0 bridgehead atoms. The van der Waals surface area contributed by atoms with Gasteiger partial charge in [0.05, 0.1) is 5.60 Å². The summed E-state index contributed by atoms with van der Waals surface area (Å²) in [6.07, 6.45) is 8.08. The normalized spacial score (nSPS) is 32.8. The summed E-state index contributed by atoms with van der Waals surface area (Å²) >= 11 is 0. The third-order valence-electron chi connectivity index (χ3n) is 4.30. The number of nitrogens with one attached hydrogen (secondary N) is 1. The monoisotopic (exact) mass is 225 g/mol. The van der Waals surface area contributed by atoms with Crippen LogP contribution in [0.1, 0.15) is 59.3 Å².